The molecule has 0 saturated heterocycles. The van der Waals surface area contributed by atoms with E-state index in [9.17, 15) is 18.0 Å². The third-order valence-electron chi connectivity index (χ3n) is 7.03. The fourth-order valence-electron chi connectivity index (χ4n) is 4.69. The van der Waals surface area contributed by atoms with Gasteiger partial charge >= 0.3 is 0 Å². The van der Waals surface area contributed by atoms with Crippen LogP contribution in [-0.2, 0) is 26.2 Å². The lowest BCUT2D eigenvalue weighted by atomic mass is 10.0. The van der Waals surface area contributed by atoms with Gasteiger partial charge in [0.25, 0.3) is 10.0 Å². The zero-order valence-corrected chi connectivity index (χ0v) is 27.1. The number of ether oxygens (including phenoxy) is 2. The molecule has 43 heavy (non-hydrogen) atoms. The van der Waals surface area contributed by atoms with Gasteiger partial charge in [0, 0.05) is 18.2 Å². The maximum absolute atomic E-state index is 14.4. The minimum atomic E-state index is -4.27. The lowest BCUT2D eigenvalue weighted by molar-refractivity contribution is -0.141. The van der Waals surface area contributed by atoms with Crippen LogP contribution >= 0.6 is 0 Å². The Labute approximate surface area is 255 Å². The molecule has 2 amide bonds. The molecule has 3 aromatic carbocycles. The van der Waals surface area contributed by atoms with Gasteiger partial charge in [-0.05, 0) is 76.4 Å². The molecule has 0 radical (unpaired) electrons. The Kier molecular flexibility index (Phi) is 10.9. The Bertz CT molecular complexity index is 1530. The number of aryl methyl sites for hydroxylation is 2. The topological polar surface area (TPSA) is 105 Å². The van der Waals surface area contributed by atoms with Crippen molar-refractivity contribution in [3.05, 3.63) is 83.4 Å². The number of carbonyl (C=O) groups is 2. The first kappa shape index (κ1) is 33.5. The van der Waals surface area contributed by atoms with E-state index in [0.717, 1.165) is 21.0 Å². The van der Waals surface area contributed by atoms with Gasteiger partial charge in [0.15, 0.2) is 0 Å². The van der Waals surface area contributed by atoms with Gasteiger partial charge < -0.3 is 19.7 Å². The van der Waals surface area contributed by atoms with Crippen molar-refractivity contribution in [1.29, 1.82) is 0 Å². The summed E-state index contributed by atoms with van der Waals surface area (Å²) in [6.45, 7) is 10.8. The van der Waals surface area contributed by atoms with Crippen molar-refractivity contribution in [3.63, 3.8) is 0 Å². The molecule has 1 atom stereocenters. The van der Waals surface area contributed by atoms with E-state index < -0.39 is 34.1 Å². The Hall–Kier alpha value is -4.05. The first-order valence-electron chi connectivity index (χ1n) is 14.2. The number of nitrogens with zero attached hydrogens (tertiary/aromatic N) is 2. The normalized spacial score (nSPS) is 12.3. The number of hydrogen-bond donors (Lipinski definition) is 1. The molecule has 3 aromatic rings. The van der Waals surface area contributed by atoms with E-state index in [1.165, 1.54) is 37.3 Å². The average Bonchev–Trinajstić information content (AvgIpc) is 2.95. The number of anilines is 1. The molecule has 0 aromatic heterocycles. The van der Waals surface area contributed by atoms with E-state index in [-0.39, 0.29) is 28.8 Å². The summed E-state index contributed by atoms with van der Waals surface area (Å²) in [4.78, 5) is 29.4. The molecule has 0 spiro atoms. The predicted octanol–water partition coefficient (Wildman–Crippen LogP) is 5.24. The van der Waals surface area contributed by atoms with Gasteiger partial charge in [-0.1, -0.05) is 48.9 Å². The van der Waals surface area contributed by atoms with E-state index in [1.54, 1.807) is 24.3 Å². The maximum atomic E-state index is 14.4. The van der Waals surface area contributed by atoms with Gasteiger partial charge in [-0.15, -0.1) is 0 Å². The maximum Gasteiger partial charge on any atom is 0.264 e. The number of methoxy groups -OCH3 is 2. The highest BCUT2D eigenvalue weighted by Gasteiger charge is 2.36. The van der Waals surface area contributed by atoms with Crippen LogP contribution in [-0.4, -0.2) is 57.5 Å². The van der Waals surface area contributed by atoms with Crippen molar-refractivity contribution in [2.45, 2.75) is 71.0 Å². The van der Waals surface area contributed by atoms with Crippen LogP contribution in [0.2, 0.25) is 0 Å². The van der Waals surface area contributed by atoms with Gasteiger partial charge in [0.05, 0.1) is 24.8 Å². The number of rotatable bonds is 12. The van der Waals surface area contributed by atoms with Gasteiger partial charge in [-0.3, -0.25) is 13.9 Å². The minimum Gasteiger partial charge on any atom is -0.497 e. The fraction of sp³-hybridized carbons (Fsp3) is 0.394. The molecule has 0 aliphatic carbocycles. The number of sulfonamides is 1. The Morgan fingerprint density at radius 1 is 0.930 bits per heavy atom. The van der Waals surface area contributed by atoms with Crippen molar-refractivity contribution >= 4 is 27.5 Å². The third-order valence-corrected chi connectivity index (χ3v) is 8.80. The monoisotopic (exact) mass is 609 g/mol. The Morgan fingerprint density at radius 2 is 1.58 bits per heavy atom. The summed E-state index contributed by atoms with van der Waals surface area (Å²) >= 11 is 0. The number of benzene rings is 3. The Morgan fingerprint density at radius 3 is 2.14 bits per heavy atom. The molecule has 0 fully saturated rings. The molecule has 0 unspecified atom stereocenters. The smallest absolute Gasteiger partial charge is 0.264 e. The van der Waals surface area contributed by atoms with E-state index in [0.29, 0.717) is 12.2 Å². The summed E-state index contributed by atoms with van der Waals surface area (Å²) in [5.41, 5.74) is 2.30. The molecule has 0 aliphatic heterocycles. The summed E-state index contributed by atoms with van der Waals surface area (Å²) < 4.78 is 40.4. The predicted molar refractivity (Wildman–Crippen MR) is 169 cm³/mol. The molecular weight excluding hydrogens is 566 g/mol. The summed E-state index contributed by atoms with van der Waals surface area (Å²) in [5.74, 6) is -0.226. The second kappa shape index (κ2) is 13.9. The van der Waals surface area contributed by atoms with Crippen molar-refractivity contribution in [2.24, 2.45) is 0 Å². The number of nitrogens with one attached hydrogen (secondary N) is 1. The quantitative estimate of drug-likeness (QED) is 0.301. The zero-order valence-electron chi connectivity index (χ0n) is 26.3. The molecule has 9 nitrogen and oxygen atoms in total. The van der Waals surface area contributed by atoms with Crippen LogP contribution < -0.4 is 19.1 Å². The summed E-state index contributed by atoms with van der Waals surface area (Å²) in [5, 5.41) is 2.98. The molecule has 0 bridgehead atoms. The van der Waals surface area contributed by atoms with Gasteiger partial charge in [0.1, 0.15) is 24.1 Å². The SMILES string of the molecule is CC[C@@H](C(=O)NC(C)(C)C)N(Cc1ccccc1C)C(=O)CN(c1cc(OC)ccc1OC)S(=O)(=O)c1ccc(C)cc1. The lowest BCUT2D eigenvalue weighted by Crippen LogP contribution is -2.55. The largest absolute Gasteiger partial charge is 0.497 e. The third kappa shape index (κ3) is 8.28. The molecule has 0 aliphatic rings. The molecule has 3 rings (SSSR count). The van der Waals surface area contributed by atoms with E-state index in [2.05, 4.69) is 5.32 Å². The van der Waals surface area contributed by atoms with Crippen molar-refractivity contribution in [2.75, 3.05) is 25.1 Å². The molecule has 1 N–H and O–H groups in total. The second-order valence-electron chi connectivity index (χ2n) is 11.5. The van der Waals surface area contributed by atoms with Crippen LogP contribution in [0.1, 0.15) is 50.8 Å². The van der Waals surface area contributed by atoms with E-state index >= 15 is 0 Å². The summed E-state index contributed by atoms with van der Waals surface area (Å²) in [6, 6.07) is 17.9. The highest BCUT2D eigenvalue weighted by Crippen LogP contribution is 2.36. The van der Waals surface area contributed by atoms with Crippen LogP contribution in [0.15, 0.2) is 71.6 Å². The lowest BCUT2D eigenvalue weighted by Gasteiger charge is -2.35. The standard InChI is InChI=1S/C33H43N3O6S/c1-9-28(32(38)34-33(4,5)6)35(21-25-13-11-10-12-24(25)3)31(37)22-36(29-20-26(41-7)16-19-30(29)42-8)43(39,40)27-17-14-23(2)15-18-27/h10-20,28H,9,21-22H2,1-8H3,(H,34,38)/t28-/m0/s1. The highest BCUT2D eigenvalue weighted by atomic mass is 32.2. The van der Waals surface area contributed by atoms with Gasteiger partial charge in [-0.2, -0.15) is 0 Å². The average molecular weight is 610 g/mol. The molecule has 232 valence electrons. The number of hydrogen-bond acceptors (Lipinski definition) is 6. The van der Waals surface area contributed by atoms with Crippen molar-refractivity contribution in [3.8, 4) is 11.5 Å². The van der Waals surface area contributed by atoms with Gasteiger partial charge in [-0.25, -0.2) is 8.42 Å². The van der Waals surface area contributed by atoms with E-state index in [1.807, 2.05) is 65.8 Å². The summed E-state index contributed by atoms with van der Waals surface area (Å²) in [6.07, 6.45) is 0.326. The first-order valence-corrected chi connectivity index (χ1v) is 15.6. The first-order chi connectivity index (χ1) is 20.2. The molecule has 10 heteroatoms. The van der Waals surface area contributed by atoms with Crippen molar-refractivity contribution < 1.29 is 27.5 Å². The van der Waals surface area contributed by atoms with Gasteiger partial charge in [0.2, 0.25) is 11.8 Å². The summed E-state index contributed by atoms with van der Waals surface area (Å²) in [7, 11) is -1.37. The fourth-order valence-corrected chi connectivity index (χ4v) is 6.10. The van der Waals surface area contributed by atoms with Crippen LogP contribution in [0.5, 0.6) is 11.5 Å². The van der Waals surface area contributed by atoms with Crippen LogP contribution in [0.25, 0.3) is 0 Å². The zero-order chi connectivity index (χ0) is 31.9. The second-order valence-corrected chi connectivity index (χ2v) is 13.3. The number of carbonyl (C=O) groups excluding carboxylic acids is 2. The van der Waals surface area contributed by atoms with Crippen LogP contribution in [0.3, 0.4) is 0 Å². The van der Waals surface area contributed by atoms with Crippen molar-refractivity contribution in [1.82, 2.24) is 10.2 Å². The molecular formula is C33H43N3O6S. The van der Waals surface area contributed by atoms with Crippen LogP contribution in [0, 0.1) is 13.8 Å². The minimum absolute atomic E-state index is 0.0127. The number of amides is 2. The molecule has 0 saturated carbocycles. The Balaban J connectivity index is 2.17. The van der Waals surface area contributed by atoms with Crippen LogP contribution in [0.4, 0.5) is 5.69 Å². The molecule has 0 heterocycles. The highest BCUT2D eigenvalue weighted by molar-refractivity contribution is 7.92. The van der Waals surface area contributed by atoms with E-state index in [4.69, 9.17) is 9.47 Å².